The summed E-state index contributed by atoms with van der Waals surface area (Å²) in [5, 5.41) is 6.34. The standard InChI is InChI=1S/C14H17N5O4/c15-12(21)13-17-14(23-18-13)10-4-1-5-19(10)8-11(20)16-7-9-3-2-6-22-9/h2-3,6,10H,1,4-5,7-8H2,(H2,15,21)(H,16,20)/t10-/m0/s1. The van der Waals surface area contributed by atoms with E-state index in [1.165, 1.54) is 0 Å². The molecule has 9 nitrogen and oxygen atoms in total. The third-order valence-corrected chi connectivity index (χ3v) is 3.70. The number of nitrogens with one attached hydrogen (secondary N) is 1. The third-order valence-electron chi connectivity index (χ3n) is 3.70. The van der Waals surface area contributed by atoms with Gasteiger partial charge in [-0.25, -0.2) is 0 Å². The summed E-state index contributed by atoms with van der Waals surface area (Å²) in [5.41, 5.74) is 5.12. The Morgan fingerprint density at radius 3 is 3.04 bits per heavy atom. The maximum Gasteiger partial charge on any atom is 0.290 e. The molecule has 2 aromatic rings. The Morgan fingerprint density at radius 1 is 1.48 bits per heavy atom. The smallest absolute Gasteiger partial charge is 0.290 e. The van der Waals surface area contributed by atoms with E-state index < -0.39 is 5.91 Å². The summed E-state index contributed by atoms with van der Waals surface area (Å²) in [6.07, 6.45) is 3.25. The lowest BCUT2D eigenvalue weighted by Gasteiger charge is -2.20. The average molecular weight is 319 g/mol. The fourth-order valence-corrected chi connectivity index (χ4v) is 2.60. The highest BCUT2D eigenvalue weighted by Crippen LogP contribution is 2.30. The van der Waals surface area contributed by atoms with Gasteiger partial charge in [0.05, 0.1) is 25.4 Å². The number of furan rings is 1. The fraction of sp³-hybridized carbons (Fsp3) is 0.429. The zero-order chi connectivity index (χ0) is 16.2. The van der Waals surface area contributed by atoms with Gasteiger partial charge in [0.15, 0.2) is 0 Å². The predicted octanol–water partition coefficient (Wildman–Crippen LogP) is 0.215. The Kier molecular flexibility index (Phi) is 4.38. The van der Waals surface area contributed by atoms with Crippen LogP contribution < -0.4 is 11.1 Å². The van der Waals surface area contributed by atoms with Crippen molar-refractivity contribution in [1.29, 1.82) is 0 Å². The first kappa shape index (κ1) is 15.2. The molecule has 2 aromatic heterocycles. The molecule has 0 aromatic carbocycles. The molecule has 0 radical (unpaired) electrons. The highest BCUT2D eigenvalue weighted by Gasteiger charge is 2.32. The molecule has 23 heavy (non-hydrogen) atoms. The monoisotopic (exact) mass is 319 g/mol. The van der Waals surface area contributed by atoms with E-state index in [4.69, 9.17) is 14.7 Å². The van der Waals surface area contributed by atoms with Gasteiger partial charge in [-0.1, -0.05) is 5.16 Å². The molecule has 0 spiro atoms. The van der Waals surface area contributed by atoms with Crippen LogP contribution in [-0.2, 0) is 11.3 Å². The molecule has 1 saturated heterocycles. The quantitative estimate of drug-likeness (QED) is 0.779. The Bertz CT molecular complexity index is 681. The van der Waals surface area contributed by atoms with Crippen molar-refractivity contribution in [2.24, 2.45) is 5.73 Å². The summed E-state index contributed by atoms with van der Waals surface area (Å²) in [4.78, 5) is 29.0. The van der Waals surface area contributed by atoms with Crippen LogP contribution in [-0.4, -0.2) is 39.9 Å². The molecular weight excluding hydrogens is 302 g/mol. The molecule has 2 amide bonds. The van der Waals surface area contributed by atoms with E-state index >= 15 is 0 Å². The van der Waals surface area contributed by atoms with Crippen molar-refractivity contribution in [2.45, 2.75) is 25.4 Å². The number of hydrogen-bond donors (Lipinski definition) is 2. The van der Waals surface area contributed by atoms with Crippen molar-refractivity contribution < 1.29 is 18.5 Å². The second-order valence-electron chi connectivity index (χ2n) is 5.31. The highest BCUT2D eigenvalue weighted by atomic mass is 16.5. The van der Waals surface area contributed by atoms with Crippen LogP contribution in [0, 0.1) is 0 Å². The molecule has 1 aliphatic rings. The summed E-state index contributed by atoms with van der Waals surface area (Å²) in [6.45, 7) is 1.30. The van der Waals surface area contributed by atoms with Crippen molar-refractivity contribution in [3.63, 3.8) is 0 Å². The molecule has 1 fully saturated rings. The van der Waals surface area contributed by atoms with Gasteiger partial charge in [-0.05, 0) is 31.5 Å². The van der Waals surface area contributed by atoms with Gasteiger partial charge in [-0.2, -0.15) is 4.98 Å². The summed E-state index contributed by atoms with van der Waals surface area (Å²) in [7, 11) is 0. The van der Waals surface area contributed by atoms with E-state index in [1.807, 2.05) is 4.90 Å². The molecule has 0 bridgehead atoms. The van der Waals surface area contributed by atoms with Crippen molar-refractivity contribution in [3.05, 3.63) is 35.9 Å². The molecule has 1 aliphatic heterocycles. The van der Waals surface area contributed by atoms with Crippen LogP contribution in [0.3, 0.4) is 0 Å². The number of carbonyl (C=O) groups is 2. The van der Waals surface area contributed by atoms with Gasteiger partial charge in [-0.3, -0.25) is 14.5 Å². The summed E-state index contributed by atoms with van der Waals surface area (Å²) in [6, 6.07) is 3.39. The highest BCUT2D eigenvalue weighted by molar-refractivity contribution is 5.88. The lowest BCUT2D eigenvalue weighted by molar-refractivity contribution is -0.122. The zero-order valence-electron chi connectivity index (χ0n) is 12.4. The number of amides is 2. The van der Waals surface area contributed by atoms with Gasteiger partial charge in [0.2, 0.25) is 11.8 Å². The average Bonchev–Trinajstić information content (AvgIpc) is 3.26. The fourth-order valence-electron chi connectivity index (χ4n) is 2.60. The van der Waals surface area contributed by atoms with E-state index in [-0.39, 0.29) is 24.3 Å². The molecule has 0 unspecified atom stereocenters. The number of nitrogens with zero attached hydrogens (tertiary/aromatic N) is 3. The van der Waals surface area contributed by atoms with E-state index in [9.17, 15) is 9.59 Å². The van der Waals surface area contributed by atoms with Crippen LogP contribution >= 0.6 is 0 Å². The molecular formula is C14H17N5O4. The lowest BCUT2D eigenvalue weighted by Crippen LogP contribution is -2.36. The first-order chi connectivity index (χ1) is 11.1. The molecule has 3 rings (SSSR count). The molecule has 1 atom stereocenters. The number of hydrogen-bond acceptors (Lipinski definition) is 7. The number of rotatable bonds is 6. The first-order valence-electron chi connectivity index (χ1n) is 7.30. The van der Waals surface area contributed by atoms with Crippen LogP contribution in [0.15, 0.2) is 27.3 Å². The molecule has 122 valence electrons. The maximum atomic E-state index is 12.0. The number of aromatic nitrogens is 2. The van der Waals surface area contributed by atoms with Crippen LogP contribution in [0.2, 0.25) is 0 Å². The normalized spacial score (nSPS) is 18.2. The molecule has 0 aliphatic carbocycles. The number of carbonyl (C=O) groups excluding carboxylic acids is 2. The second kappa shape index (κ2) is 6.61. The van der Waals surface area contributed by atoms with Gasteiger partial charge in [0.1, 0.15) is 5.76 Å². The van der Waals surface area contributed by atoms with Gasteiger partial charge < -0.3 is 20.0 Å². The summed E-state index contributed by atoms with van der Waals surface area (Å²) >= 11 is 0. The van der Waals surface area contributed by atoms with Crippen molar-refractivity contribution in [3.8, 4) is 0 Å². The summed E-state index contributed by atoms with van der Waals surface area (Å²) in [5.74, 6) is 0.00672. The lowest BCUT2D eigenvalue weighted by atomic mass is 10.2. The minimum absolute atomic E-state index is 0.122. The van der Waals surface area contributed by atoms with E-state index in [0.717, 1.165) is 19.4 Å². The topological polar surface area (TPSA) is 127 Å². The van der Waals surface area contributed by atoms with E-state index in [0.29, 0.717) is 18.2 Å². The van der Waals surface area contributed by atoms with Crippen molar-refractivity contribution >= 4 is 11.8 Å². The molecule has 0 saturated carbocycles. The van der Waals surface area contributed by atoms with Gasteiger partial charge in [-0.15, -0.1) is 0 Å². The Labute approximate surface area is 131 Å². The SMILES string of the molecule is NC(=O)c1noc([C@@H]2CCCN2CC(=O)NCc2ccco2)n1. The van der Waals surface area contributed by atoms with Crippen molar-refractivity contribution in [2.75, 3.05) is 13.1 Å². The van der Waals surface area contributed by atoms with E-state index in [1.54, 1.807) is 18.4 Å². The molecule has 3 N–H and O–H groups in total. The Morgan fingerprint density at radius 2 is 2.35 bits per heavy atom. The first-order valence-corrected chi connectivity index (χ1v) is 7.30. The third kappa shape index (κ3) is 3.57. The van der Waals surface area contributed by atoms with Gasteiger partial charge in [0.25, 0.3) is 11.7 Å². The summed E-state index contributed by atoms with van der Waals surface area (Å²) < 4.78 is 10.3. The number of nitrogens with two attached hydrogens (primary N) is 1. The molecule has 3 heterocycles. The Hall–Kier alpha value is -2.68. The minimum atomic E-state index is -0.735. The zero-order valence-corrected chi connectivity index (χ0v) is 12.4. The maximum absolute atomic E-state index is 12.0. The second-order valence-corrected chi connectivity index (χ2v) is 5.31. The van der Waals surface area contributed by atoms with Crippen LogP contribution in [0.4, 0.5) is 0 Å². The molecule has 9 heteroatoms. The van der Waals surface area contributed by atoms with Gasteiger partial charge >= 0.3 is 0 Å². The predicted molar refractivity (Wildman–Crippen MR) is 76.9 cm³/mol. The minimum Gasteiger partial charge on any atom is -0.467 e. The Balaban J connectivity index is 1.57. The number of likely N-dealkylation sites (tertiary alicyclic amines) is 1. The number of primary amides is 1. The van der Waals surface area contributed by atoms with Gasteiger partial charge in [0, 0.05) is 0 Å². The van der Waals surface area contributed by atoms with Crippen LogP contribution in [0.5, 0.6) is 0 Å². The van der Waals surface area contributed by atoms with Crippen LogP contribution in [0.1, 0.15) is 41.2 Å². The van der Waals surface area contributed by atoms with Crippen molar-refractivity contribution in [1.82, 2.24) is 20.4 Å². The largest absolute Gasteiger partial charge is 0.467 e. The van der Waals surface area contributed by atoms with Crippen LogP contribution in [0.25, 0.3) is 0 Å². The van der Waals surface area contributed by atoms with E-state index in [2.05, 4.69) is 15.5 Å².